The third-order valence-electron chi connectivity index (χ3n) is 1.93. The number of pyridine rings is 1. The quantitative estimate of drug-likeness (QED) is 0.729. The molecule has 0 aliphatic rings. The number of halogens is 1. The number of rotatable bonds is 3. The lowest BCUT2D eigenvalue weighted by atomic mass is 10.4. The summed E-state index contributed by atoms with van der Waals surface area (Å²) in [6.45, 7) is 0. The van der Waals surface area contributed by atoms with Crippen LogP contribution >= 0.6 is 15.9 Å². The summed E-state index contributed by atoms with van der Waals surface area (Å²) >= 11 is 3.14. The Balaban J connectivity index is 2.37. The van der Waals surface area contributed by atoms with Crippen molar-refractivity contribution in [2.24, 2.45) is 0 Å². The van der Waals surface area contributed by atoms with E-state index in [-0.39, 0.29) is 10.7 Å². The van der Waals surface area contributed by atoms with Crippen LogP contribution in [0.3, 0.4) is 0 Å². The fraction of sp³-hybridized carbons (Fsp3) is 0. The van der Waals surface area contributed by atoms with E-state index < -0.39 is 10.0 Å². The van der Waals surface area contributed by atoms with Crippen LogP contribution in [0.15, 0.2) is 34.0 Å². The molecule has 0 saturated heterocycles. The van der Waals surface area contributed by atoms with Gasteiger partial charge in [-0.05, 0) is 28.1 Å². The summed E-state index contributed by atoms with van der Waals surface area (Å²) in [4.78, 5) is 3.80. The van der Waals surface area contributed by atoms with Gasteiger partial charge in [0.25, 0.3) is 10.0 Å². The van der Waals surface area contributed by atoms with Gasteiger partial charge in [-0.15, -0.1) is 0 Å². The van der Waals surface area contributed by atoms with Crippen LogP contribution in [-0.2, 0) is 10.0 Å². The molecule has 0 aromatic carbocycles. The molecule has 0 unspecified atom stereocenters. The zero-order chi connectivity index (χ0) is 12.5. The van der Waals surface area contributed by atoms with Crippen molar-refractivity contribution in [2.75, 3.05) is 10.5 Å². The maximum atomic E-state index is 11.9. The zero-order valence-corrected chi connectivity index (χ0v) is 10.8. The van der Waals surface area contributed by atoms with Gasteiger partial charge in [0, 0.05) is 6.20 Å². The first-order valence-corrected chi connectivity index (χ1v) is 6.70. The number of H-pyrrole nitrogens is 1. The molecule has 7 nitrogen and oxygen atoms in total. The number of aromatic nitrogens is 3. The van der Waals surface area contributed by atoms with E-state index in [1.807, 2.05) is 0 Å². The highest BCUT2D eigenvalue weighted by Gasteiger charge is 2.20. The summed E-state index contributed by atoms with van der Waals surface area (Å²) in [6.07, 6.45) is 2.68. The highest BCUT2D eigenvalue weighted by Crippen LogP contribution is 2.23. The first kappa shape index (κ1) is 11.9. The molecule has 9 heteroatoms. The van der Waals surface area contributed by atoms with Crippen LogP contribution in [0.25, 0.3) is 0 Å². The number of aromatic amines is 1. The maximum Gasteiger partial charge on any atom is 0.267 e. The van der Waals surface area contributed by atoms with Gasteiger partial charge in [-0.25, -0.2) is 13.4 Å². The normalized spacial score (nSPS) is 11.4. The second-order valence-electron chi connectivity index (χ2n) is 3.10. The van der Waals surface area contributed by atoms with Crippen LogP contribution in [-0.4, -0.2) is 23.6 Å². The van der Waals surface area contributed by atoms with Crippen LogP contribution in [0.2, 0.25) is 0 Å². The van der Waals surface area contributed by atoms with Gasteiger partial charge in [-0.1, -0.05) is 0 Å². The van der Waals surface area contributed by atoms with E-state index in [0.717, 1.165) is 6.20 Å². The van der Waals surface area contributed by atoms with Crippen LogP contribution in [0, 0.1) is 0 Å². The number of sulfonamides is 1. The van der Waals surface area contributed by atoms with Crippen LogP contribution in [0.5, 0.6) is 0 Å². The van der Waals surface area contributed by atoms with Gasteiger partial charge >= 0.3 is 0 Å². The predicted octanol–water partition coefficient (Wildman–Crippen LogP) is 0.950. The lowest BCUT2D eigenvalue weighted by Gasteiger charge is -2.07. The molecule has 0 saturated carbocycles. The average molecular weight is 318 g/mol. The summed E-state index contributed by atoms with van der Waals surface area (Å²) in [5, 5.41) is 5.91. The molecule has 0 aliphatic carbocycles. The van der Waals surface area contributed by atoms with Crippen LogP contribution < -0.4 is 10.5 Å². The molecule has 0 fully saturated rings. The molecule has 2 rings (SSSR count). The Hall–Kier alpha value is -1.61. The van der Waals surface area contributed by atoms with E-state index in [0.29, 0.717) is 10.3 Å². The average Bonchev–Trinajstić information content (AvgIpc) is 2.68. The fourth-order valence-electron chi connectivity index (χ4n) is 1.16. The van der Waals surface area contributed by atoms with Crippen molar-refractivity contribution in [2.45, 2.75) is 4.90 Å². The Morgan fingerprint density at radius 1 is 1.47 bits per heavy atom. The molecule has 0 aliphatic heterocycles. The minimum atomic E-state index is -3.76. The van der Waals surface area contributed by atoms with Crippen molar-refractivity contribution >= 4 is 37.5 Å². The monoisotopic (exact) mass is 317 g/mol. The van der Waals surface area contributed by atoms with Gasteiger partial charge < -0.3 is 5.73 Å². The SMILES string of the molecule is Nc1[nH]ncc1S(=O)(=O)Nc1cccnc1Br. The molecule has 0 radical (unpaired) electrons. The first-order chi connectivity index (χ1) is 8.00. The fourth-order valence-corrected chi connectivity index (χ4v) is 2.73. The van der Waals surface area contributed by atoms with Gasteiger partial charge in [0.2, 0.25) is 0 Å². The Labute approximate surface area is 106 Å². The Bertz CT molecular complexity index is 639. The molecule has 2 aromatic rings. The Kier molecular flexibility index (Phi) is 3.03. The number of nitrogens with zero attached hydrogens (tertiary/aromatic N) is 2. The summed E-state index contributed by atoms with van der Waals surface area (Å²) in [5.41, 5.74) is 5.78. The molecule has 0 bridgehead atoms. The van der Waals surface area contributed by atoms with Crippen LogP contribution in [0.4, 0.5) is 11.5 Å². The molecule has 17 heavy (non-hydrogen) atoms. The minimum Gasteiger partial charge on any atom is -0.383 e. The second-order valence-corrected chi connectivity index (χ2v) is 5.50. The third kappa shape index (κ3) is 2.39. The molecule has 4 N–H and O–H groups in total. The third-order valence-corrected chi connectivity index (χ3v) is 3.95. The van der Waals surface area contributed by atoms with Gasteiger partial charge in [0.1, 0.15) is 15.3 Å². The number of nitrogens with two attached hydrogens (primary N) is 1. The van der Waals surface area contributed by atoms with Gasteiger partial charge in [-0.2, -0.15) is 5.10 Å². The van der Waals surface area contributed by atoms with Crippen molar-refractivity contribution in [1.82, 2.24) is 15.2 Å². The summed E-state index contributed by atoms with van der Waals surface area (Å²) in [6, 6.07) is 3.19. The lowest BCUT2D eigenvalue weighted by molar-refractivity contribution is 0.601. The minimum absolute atomic E-state index is 0.0162. The first-order valence-electron chi connectivity index (χ1n) is 4.43. The summed E-state index contributed by atoms with van der Waals surface area (Å²) < 4.78 is 26.6. The number of hydrogen-bond acceptors (Lipinski definition) is 5. The number of nitrogen functional groups attached to an aromatic ring is 1. The molecule has 0 atom stereocenters. The second kappa shape index (κ2) is 4.34. The highest BCUT2D eigenvalue weighted by atomic mass is 79.9. The maximum absolute atomic E-state index is 11.9. The van der Waals surface area contributed by atoms with Gasteiger partial charge in [-0.3, -0.25) is 9.82 Å². The standard InChI is InChI=1S/C8H8BrN5O2S/c9-7-5(2-1-3-11-7)14-17(15,16)6-4-12-13-8(6)10/h1-4,14H,(H3,10,12,13). The van der Waals surface area contributed by atoms with Crippen molar-refractivity contribution in [1.29, 1.82) is 0 Å². The van der Waals surface area contributed by atoms with E-state index in [1.165, 1.54) is 6.20 Å². The van der Waals surface area contributed by atoms with Crippen molar-refractivity contribution in [3.05, 3.63) is 29.1 Å². The summed E-state index contributed by atoms with van der Waals surface area (Å²) in [5.74, 6) is -0.0162. The smallest absolute Gasteiger partial charge is 0.267 e. The lowest BCUT2D eigenvalue weighted by Crippen LogP contribution is -2.14. The van der Waals surface area contributed by atoms with E-state index in [4.69, 9.17) is 5.73 Å². The molecule has 0 amide bonds. The van der Waals surface area contributed by atoms with Crippen molar-refractivity contribution < 1.29 is 8.42 Å². The Morgan fingerprint density at radius 3 is 2.82 bits per heavy atom. The molecular weight excluding hydrogens is 310 g/mol. The zero-order valence-electron chi connectivity index (χ0n) is 8.38. The molecule has 2 heterocycles. The molecule has 2 aromatic heterocycles. The number of hydrogen-bond donors (Lipinski definition) is 3. The largest absolute Gasteiger partial charge is 0.383 e. The van der Waals surface area contributed by atoms with E-state index >= 15 is 0 Å². The van der Waals surface area contributed by atoms with Crippen molar-refractivity contribution in [3.63, 3.8) is 0 Å². The number of nitrogens with one attached hydrogen (secondary N) is 2. The summed E-state index contributed by atoms with van der Waals surface area (Å²) in [7, 11) is -3.76. The Morgan fingerprint density at radius 2 is 2.24 bits per heavy atom. The molecule has 0 spiro atoms. The highest BCUT2D eigenvalue weighted by molar-refractivity contribution is 9.10. The van der Waals surface area contributed by atoms with E-state index in [2.05, 4.69) is 35.8 Å². The van der Waals surface area contributed by atoms with Gasteiger partial charge in [0.15, 0.2) is 0 Å². The van der Waals surface area contributed by atoms with Gasteiger partial charge in [0.05, 0.1) is 11.9 Å². The van der Waals surface area contributed by atoms with E-state index in [9.17, 15) is 8.42 Å². The predicted molar refractivity (Wildman–Crippen MR) is 65.7 cm³/mol. The molecular formula is C8H8BrN5O2S. The van der Waals surface area contributed by atoms with Crippen molar-refractivity contribution in [3.8, 4) is 0 Å². The molecule has 90 valence electrons. The topological polar surface area (TPSA) is 114 Å². The number of anilines is 2. The van der Waals surface area contributed by atoms with Crippen LogP contribution in [0.1, 0.15) is 0 Å². The van der Waals surface area contributed by atoms with E-state index in [1.54, 1.807) is 12.1 Å².